The highest BCUT2D eigenvalue weighted by Crippen LogP contribution is 2.31. The highest BCUT2D eigenvalue weighted by molar-refractivity contribution is 5.94. The number of rotatable bonds is 3. The van der Waals surface area contributed by atoms with Crippen LogP contribution >= 0.6 is 0 Å². The van der Waals surface area contributed by atoms with E-state index in [1.54, 1.807) is 7.11 Å². The number of benzene rings is 2. The summed E-state index contributed by atoms with van der Waals surface area (Å²) in [5.41, 5.74) is 6.44. The van der Waals surface area contributed by atoms with E-state index in [1.165, 1.54) is 11.1 Å². The molecule has 4 rings (SSSR count). The summed E-state index contributed by atoms with van der Waals surface area (Å²) in [5.74, 6) is 0.774. The van der Waals surface area contributed by atoms with E-state index in [1.807, 2.05) is 30.3 Å². The molecule has 2 heterocycles. The van der Waals surface area contributed by atoms with Gasteiger partial charge in [0.1, 0.15) is 5.75 Å². The summed E-state index contributed by atoms with van der Waals surface area (Å²) in [5, 5.41) is 6.08. The number of ether oxygens (including phenoxy) is 1. The van der Waals surface area contributed by atoms with Crippen LogP contribution in [0.4, 0.5) is 0 Å². The van der Waals surface area contributed by atoms with Crippen LogP contribution in [0.25, 0.3) is 33.4 Å². The Morgan fingerprint density at radius 2 is 1.62 bits per heavy atom. The van der Waals surface area contributed by atoms with E-state index in [4.69, 9.17) is 4.74 Å². The van der Waals surface area contributed by atoms with Crippen molar-refractivity contribution in [1.82, 2.24) is 15.2 Å². The maximum atomic E-state index is 12.3. The van der Waals surface area contributed by atoms with Crippen LogP contribution in [0.15, 0.2) is 53.3 Å². The van der Waals surface area contributed by atoms with Crippen molar-refractivity contribution < 1.29 is 4.74 Å². The normalized spacial score (nSPS) is 11.0. The molecule has 0 spiro atoms. The average Bonchev–Trinajstić information content (AvgIpc) is 3.04. The van der Waals surface area contributed by atoms with Gasteiger partial charge in [0.25, 0.3) is 5.56 Å². The first-order chi connectivity index (χ1) is 12.6. The Morgan fingerprint density at radius 1 is 0.885 bits per heavy atom. The topological polar surface area (TPSA) is 70.8 Å². The number of H-pyrrole nitrogens is 2. The molecule has 26 heavy (non-hydrogen) atoms. The lowest BCUT2D eigenvalue weighted by Gasteiger charge is -2.09. The molecule has 5 heteroatoms. The minimum atomic E-state index is -0.176. The fraction of sp³-hybridized carbons (Fsp3) is 0.143. The number of methoxy groups -OCH3 is 1. The summed E-state index contributed by atoms with van der Waals surface area (Å²) in [6.07, 6.45) is 0. The maximum absolute atomic E-state index is 12.3. The first-order valence-electron chi connectivity index (χ1n) is 8.40. The smallest absolute Gasteiger partial charge is 0.274 e. The number of nitrogens with one attached hydrogen (secondary N) is 2. The number of fused-ring (bicyclic) bond motifs is 1. The molecule has 0 fully saturated rings. The monoisotopic (exact) mass is 345 g/mol. The predicted octanol–water partition coefficient (Wildman–Crippen LogP) is 4.21. The number of hydrogen-bond donors (Lipinski definition) is 2. The lowest BCUT2D eigenvalue weighted by atomic mass is 9.99. The van der Waals surface area contributed by atoms with Gasteiger partial charge in [-0.25, -0.2) is 4.98 Å². The lowest BCUT2D eigenvalue weighted by Crippen LogP contribution is -2.00. The third kappa shape index (κ3) is 2.67. The molecule has 5 nitrogen and oxygen atoms in total. The average molecular weight is 345 g/mol. The van der Waals surface area contributed by atoms with Gasteiger partial charge in [0, 0.05) is 11.1 Å². The van der Waals surface area contributed by atoms with Crippen molar-refractivity contribution in [2.24, 2.45) is 0 Å². The highest BCUT2D eigenvalue weighted by Gasteiger charge is 2.14. The number of aromatic amines is 2. The molecule has 0 atom stereocenters. The Hall–Kier alpha value is -3.34. The first kappa shape index (κ1) is 16.1. The molecule has 0 saturated carbocycles. The summed E-state index contributed by atoms with van der Waals surface area (Å²) >= 11 is 0. The molecule has 0 unspecified atom stereocenters. The van der Waals surface area contributed by atoms with Crippen LogP contribution in [0.1, 0.15) is 11.1 Å². The number of nitrogens with zero attached hydrogens (tertiary/aromatic N) is 1. The zero-order valence-electron chi connectivity index (χ0n) is 14.9. The molecule has 2 N–H and O–H groups in total. The molecular weight excluding hydrogens is 326 g/mol. The van der Waals surface area contributed by atoms with Crippen LogP contribution < -0.4 is 10.3 Å². The molecule has 0 radical (unpaired) electrons. The molecule has 0 aliphatic heterocycles. The van der Waals surface area contributed by atoms with Gasteiger partial charge in [0.15, 0.2) is 5.65 Å². The van der Waals surface area contributed by atoms with Crippen LogP contribution in [0.5, 0.6) is 5.75 Å². The molecule has 2 aromatic heterocycles. The van der Waals surface area contributed by atoms with E-state index in [0.717, 1.165) is 28.1 Å². The maximum Gasteiger partial charge on any atom is 0.274 e. The minimum Gasteiger partial charge on any atom is -0.497 e. The number of pyridine rings is 1. The Labute approximate surface area is 150 Å². The first-order valence-corrected chi connectivity index (χ1v) is 8.40. The van der Waals surface area contributed by atoms with Crippen LogP contribution in [0.2, 0.25) is 0 Å². The molecule has 4 aromatic rings. The number of hydrogen-bond acceptors (Lipinski definition) is 3. The van der Waals surface area contributed by atoms with Crippen molar-refractivity contribution >= 4 is 11.0 Å². The van der Waals surface area contributed by atoms with Crippen molar-refractivity contribution in [3.8, 4) is 28.1 Å². The van der Waals surface area contributed by atoms with E-state index in [-0.39, 0.29) is 5.56 Å². The van der Waals surface area contributed by atoms with E-state index >= 15 is 0 Å². The molecule has 130 valence electrons. The molecular formula is C21H19N3O2. The van der Waals surface area contributed by atoms with Gasteiger partial charge in [-0.3, -0.25) is 15.0 Å². The highest BCUT2D eigenvalue weighted by atomic mass is 16.5. The zero-order valence-corrected chi connectivity index (χ0v) is 14.9. The molecule has 0 aliphatic rings. The standard InChI is InChI=1S/C21H19N3O2/c1-12-4-5-15(10-13(12)2)18-11-17(14-6-8-16(26-3)9-7-14)19-20(22-18)23-24-21(19)25/h4-11H,1-3H3,(H2,22,23,24,25). The second kappa shape index (κ2) is 6.19. The largest absolute Gasteiger partial charge is 0.497 e. The van der Waals surface area contributed by atoms with Gasteiger partial charge < -0.3 is 4.74 Å². The van der Waals surface area contributed by atoms with E-state index in [9.17, 15) is 4.79 Å². The van der Waals surface area contributed by atoms with Crippen molar-refractivity contribution in [2.75, 3.05) is 7.11 Å². The van der Waals surface area contributed by atoms with Gasteiger partial charge in [-0.1, -0.05) is 24.3 Å². The van der Waals surface area contributed by atoms with Crippen LogP contribution in [-0.2, 0) is 0 Å². The fourth-order valence-electron chi connectivity index (χ4n) is 3.09. The second-order valence-corrected chi connectivity index (χ2v) is 6.39. The van der Waals surface area contributed by atoms with Crippen molar-refractivity contribution in [2.45, 2.75) is 13.8 Å². The Balaban J connectivity index is 1.96. The Kier molecular flexibility index (Phi) is 3.84. The fourth-order valence-corrected chi connectivity index (χ4v) is 3.09. The van der Waals surface area contributed by atoms with Crippen LogP contribution in [-0.4, -0.2) is 22.3 Å². The summed E-state index contributed by atoms with van der Waals surface area (Å²) in [7, 11) is 1.63. The molecule has 0 amide bonds. The number of aromatic nitrogens is 3. The van der Waals surface area contributed by atoms with Crippen LogP contribution in [0, 0.1) is 13.8 Å². The molecule has 0 bridgehead atoms. The summed E-state index contributed by atoms with van der Waals surface area (Å²) in [6, 6.07) is 15.9. The van der Waals surface area contributed by atoms with Gasteiger partial charge in [-0.2, -0.15) is 0 Å². The zero-order chi connectivity index (χ0) is 18.3. The van der Waals surface area contributed by atoms with Gasteiger partial charge in [-0.15, -0.1) is 0 Å². The van der Waals surface area contributed by atoms with Crippen molar-refractivity contribution in [3.63, 3.8) is 0 Å². The molecule has 0 saturated heterocycles. The Morgan fingerprint density at radius 3 is 2.31 bits per heavy atom. The summed E-state index contributed by atoms with van der Waals surface area (Å²) in [4.78, 5) is 16.9. The van der Waals surface area contributed by atoms with Crippen molar-refractivity contribution in [1.29, 1.82) is 0 Å². The Bertz CT molecular complexity index is 1150. The van der Waals surface area contributed by atoms with Gasteiger partial charge in [-0.05, 0) is 54.8 Å². The third-order valence-electron chi connectivity index (χ3n) is 4.74. The summed E-state index contributed by atoms with van der Waals surface area (Å²) < 4.78 is 5.23. The lowest BCUT2D eigenvalue weighted by molar-refractivity contribution is 0.415. The minimum absolute atomic E-state index is 0.176. The SMILES string of the molecule is COc1ccc(-c2cc(-c3ccc(C)c(C)c3)nc3[nH][nH]c(=O)c23)cc1. The van der Waals surface area contributed by atoms with E-state index in [2.05, 4.69) is 47.2 Å². The van der Waals surface area contributed by atoms with Crippen LogP contribution in [0.3, 0.4) is 0 Å². The van der Waals surface area contributed by atoms with E-state index < -0.39 is 0 Å². The molecule has 0 aliphatic carbocycles. The van der Waals surface area contributed by atoms with Crippen molar-refractivity contribution in [3.05, 3.63) is 70.0 Å². The predicted molar refractivity (Wildman–Crippen MR) is 104 cm³/mol. The van der Waals surface area contributed by atoms with Gasteiger partial charge >= 0.3 is 0 Å². The van der Waals surface area contributed by atoms with E-state index in [0.29, 0.717) is 11.0 Å². The third-order valence-corrected chi connectivity index (χ3v) is 4.74. The summed E-state index contributed by atoms with van der Waals surface area (Å²) in [6.45, 7) is 4.17. The molecule has 2 aromatic carbocycles. The number of aryl methyl sites for hydroxylation is 2. The second-order valence-electron chi connectivity index (χ2n) is 6.39. The van der Waals surface area contributed by atoms with Gasteiger partial charge in [0.05, 0.1) is 18.2 Å². The quantitative estimate of drug-likeness (QED) is 0.584. The van der Waals surface area contributed by atoms with Gasteiger partial charge in [0.2, 0.25) is 0 Å².